The van der Waals surface area contributed by atoms with Crippen molar-refractivity contribution in [3.63, 3.8) is 0 Å². The van der Waals surface area contributed by atoms with Crippen LogP contribution < -0.4 is 11.1 Å². The molecule has 23 heavy (non-hydrogen) atoms. The molecule has 0 radical (unpaired) electrons. The van der Waals surface area contributed by atoms with Gasteiger partial charge >= 0.3 is 6.09 Å². The van der Waals surface area contributed by atoms with Crippen molar-refractivity contribution in [2.45, 2.75) is 51.8 Å². The highest BCUT2D eigenvalue weighted by Crippen LogP contribution is 2.39. The zero-order valence-corrected chi connectivity index (χ0v) is 13.7. The lowest BCUT2D eigenvalue weighted by atomic mass is 10.1. The molecule has 3 rings (SSSR count). The lowest BCUT2D eigenvalue weighted by Gasteiger charge is -2.19. The predicted molar refractivity (Wildman–Crippen MR) is 85.7 cm³/mol. The van der Waals surface area contributed by atoms with Gasteiger partial charge in [0.15, 0.2) is 5.65 Å². The normalized spacial score (nSPS) is 16.3. The first-order valence-electron chi connectivity index (χ1n) is 7.88. The van der Waals surface area contributed by atoms with Gasteiger partial charge in [-0.1, -0.05) is 0 Å². The number of aromatic nitrogens is 3. The van der Waals surface area contributed by atoms with Gasteiger partial charge in [0, 0.05) is 6.04 Å². The van der Waals surface area contributed by atoms with Crippen LogP contribution in [-0.2, 0) is 11.3 Å². The maximum absolute atomic E-state index is 11.7. The van der Waals surface area contributed by atoms with Crippen molar-refractivity contribution in [2.75, 3.05) is 0 Å². The van der Waals surface area contributed by atoms with Crippen molar-refractivity contribution in [1.82, 2.24) is 19.9 Å². The van der Waals surface area contributed by atoms with Crippen LogP contribution in [0.1, 0.15) is 50.9 Å². The third-order valence-corrected chi connectivity index (χ3v) is 3.72. The molecule has 0 aromatic carbocycles. The van der Waals surface area contributed by atoms with Gasteiger partial charge in [0.25, 0.3) is 0 Å². The highest BCUT2D eigenvalue weighted by Gasteiger charge is 2.30. The molecule has 1 amide bonds. The number of amides is 1. The second-order valence-electron chi connectivity index (χ2n) is 7.04. The topological polar surface area (TPSA) is 94.5 Å². The molecule has 1 aliphatic rings. The van der Waals surface area contributed by atoms with Crippen LogP contribution >= 0.6 is 0 Å². The minimum Gasteiger partial charge on any atom is -0.444 e. The van der Waals surface area contributed by atoms with Gasteiger partial charge in [-0.25, -0.2) is 14.3 Å². The fraction of sp³-hybridized carbons (Fsp3) is 0.562. The number of fused-ring (bicyclic) bond motifs is 1. The molecule has 0 bridgehead atoms. The van der Waals surface area contributed by atoms with E-state index >= 15 is 0 Å². The van der Waals surface area contributed by atoms with Crippen LogP contribution in [0.15, 0.2) is 18.5 Å². The Hall–Kier alpha value is -2.15. The van der Waals surface area contributed by atoms with E-state index in [0.717, 1.165) is 16.9 Å². The zero-order valence-electron chi connectivity index (χ0n) is 13.7. The van der Waals surface area contributed by atoms with Crippen molar-refractivity contribution < 1.29 is 9.53 Å². The Morgan fingerprint density at radius 3 is 2.91 bits per heavy atom. The molecular weight excluding hydrogens is 294 g/mol. The Morgan fingerprint density at radius 1 is 1.52 bits per heavy atom. The van der Waals surface area contributed by atoms with Gasteiger partial charge in [-0.3, -0.25) is 0 Å². The van der Waals surface area contributed by atoms with Gasteiger partial charge in [-0.15, -0.1) is 0 Å². The van der Waals surface area contributed by atoms with Crippen molar-refractivity contribution >= 4 is 11.7 Å². The summed E-state index contributed by atoms with van der Waals surface area (Å²) in [7, 11) is 0. The second kappa shape index (κ2) is 5.81. The van der Waals surface area contributed by atoms with Crippen molar-refractivity contribution in [3.8, 4) is 0 Å². The maximum Gasteiger partial charge on any atom is 0.407 e. The number of nitrogens with two attached hydrogens (primary N) is 1. The van der Waals surface area contributed by atoms with Gasteiger partial charge in [0.2, 0.25) is 0 Å². The summed E-state index contributed by atoms with van der Waals surface area (Å²) in [6.07, 6.45) is 5.50. The molecule has 2 heterocycles. The summed E-state index contributed by atoms with van der Waals surface area (Å²) in [5.41, 5.74) is 8.16. The molecule has 1 aliphatic carbocycles. The molecule has 0 spiro atoms. The van der Waals surface area contributed by atoms with Crippen LogP contribution in [0.4, 0.5) is 4.79 Å². The summed E-state index contributed by atoms with van der Waals surface area (Å²) in [5, 5.41) is 7.04. The number of nitrogens with zero attached hydrogens (tertiary/aromatic N) is 3. The minimum absolute atomic E-state index is 0.0348. The van der Waals surface area contributed by atoms with Crippen molar-refractivity contribution in [3.05, 3.63) is 29.7 Å². The fourth-order valence-corrected chi connectivity index (χ4v) is 2.41. The van der Waals surface area contributed by atoms with Gasteiger partial charge in [0.1, 0.15) is 5.60 Å². The number of rotatable bonds is 4. The summed E-state index contributed by atoms with van der Waals surface area (Å²) in [6, 6.07) is 2.00. The second-order valence-corrected chi connectivity index (χ2v) is 7.04. The number of alkyl carbamates (subject to hydrolysis) is 1. The van der Waals surface area contributed by atoms with E-state index in [2.05, 4.69) is 15.4 Å². The Balaban J connectivity index is 1.66. The largest absolute Gasteiger partial charge is 0.444 e. The van der Waals surface area contributed by atoms with Crippen LogP contribution in [-0.4, -0.2) is 26.3 Å². The Bertz CT molecular complexity index is 715. The molecule has 7 nitrogen and oxygen atoms in total. The van der Waals surface area contributed by atoms with Crippen LogP contribution in [0.2, 0.25) is 0 Å². The summed E-state index contributed by atoms with van der Waals surface area (Å²) >= 11 is 0. The van der Waals surface area contributed by atoms with Crippen LogP contribution in [0.3, 0.4) is 0 Å². The number of hydrogen-bond donors (Lipinski definition) is 2. The van der Waals surface area contributed by atoms with E-state index in [1.807, 2.05) is 26.8 Å². The van der Waals surface area contributed by atoms with E-state index in [1.165, 1.54) is 12.8 Å². The zero-order chi connectivity index (χ0) is 16.6. The first-order chi connectivity index (χ1) is 10.8. The third-order valence-electron chi connectivity index (χ3n) is 3.72. The number of carbonyl (C=O) groups excluding carboxylic acids is 1. The van der Waals surface area contributed by atoms with E-state index in [9.17, 15) is 4.79 Å². The SMILES string of the molecule is CC(C)(C)OC(=O)NCc1cn2ncc(C(N)C3CC3)cc2n1. The number of nitrogens with one attached hydrogen (secondary N) is 1. The molecule has 1 atom stereocenters. The summed E-state index contributed by atoms with van der Waals surface area (Å²) < 4.78 is 6.89. The lowest BCUT2D eigenvalue weighted by Crippen LogP contribution is -2.32. The van der Waals surface area contributed by atoms with Crippen molar-refractivity contribution in [1.29, 1.82) is 0 Å². The average Bonchev–Trinajstić information content (AvgIpc) is 3.21. The highest BCUT2D eigenvalue weighted by molar-refractivity contribution is 5.67. The maximum atomic E-state index is 11.7. The molecule has 7 heteroatoms. The Kier molecular flexibility index (Phi) is 3.97. The van der Waals surface area contributed by atoms with Crippen LogP contribution in [0.5, 0.6) is 0 Å². The van der Waals surface area contributed by atoms with E-state index in [4.69, 9.17) is 10.5 Å². The van der Waals surface area contributed by atoms with Gasteiger partial charge < -0.3 is 15.8 Å². The third kappa shape index (κ3) is 3.98. The number of carbonyl (C=O) groups is 1. The standard InChI is InChI=1S/C16H23N5O2/c1-16(2,3)23-15(22)18-8-12-9-21-13(20-12)6-11(7-19-21)14(17)10-4-5-10/h6-7,9-10,14H,4-5,8,17H2,1-3H3,(H,18,22). The molecule has 1 fully saturated rings. The molecular formula is C16H23N5O2. The van der Waals surface area contributed by atoms with E-state index < -0.39 is 11.7 Å². The van der Waals surface area contributed by atoms with E-state index in [1.54, 1.807) is 16.9 Å². The highest BCUT2D eigenvalue weighted by atomic mass is 16.6. The molecule has 1 saturated carbocycles. The molecule has 0 aliphatic heterocycles. The van der Waals surface area contributed by atoms with E-state index in [0.29, 0.717) is 12.5 Å². The quantitative estimate of drug-likeness (QED) is 0.901. The van der Waals surface area contributed by atoms with Gasteiger partial charge in [0.05, 0.1) is 24.6 Å². The fourth-order valence-electron chi connectivity index (χ4n) is 2.41. The lowest BCUT2D eigenvalue weighted by molar-refractivity contribution is 0.0523. The first-order valence-corrected chi connectivity index (χ1v) is 7.88. The molecule has 0 saturated heterocycles. The monoisotopic (exact) mass is 317 g/mol. The average molecular weight is 317 g/mol. The number of hydrogen-bond acceptors (Lipinski definition) is 5. The Morgan fingerprint density at radius 2 is 2.26 bits per heavy atom. The molecule has 2 aromatic heterocycles. The first kappa shape index (κ1) is 15.7. The van der Waals surface area contributed by atoms with E-state index in [-0.39, 0.29) is 6.04 Å². The molecule has 2 aromatic rings. The van der Waals surface area contributed by atoms with Crippen molar-refractivity contribution in [2.24, 2.45) is 11.7 Å². The van der Waals surface area contributed by atoms with Crippen LogP contribution in [0, 0.1) is 5.92 Å². The number of ether oxygens (including phenoxy) is 1. The molecule has 1 unspecified atom stereocenters. The minimum atomic E-state index is -0.515. The van der Waals surface area contributed by atoms with Gasteiger partial charge in [-0.05, 0) is 51.2 Å². The summed E-state index contributed by atoms with van der Waals surface area (Å²) in [4.78, 5) is 16.2. The number of imidazole rings is 1. The predicted octanol–water partition coefficient (Wildman–Crippen LogP) is 2.16. The Labute approximate surface area is 135 Å². The molecule has 3 N–H and O–H groups in total. The van der Waals surface area contributed by atoms with Gasteiger partial charge in [-0.2, -0.15) is 5.10 Å². The summed E-state index contributed by atoms with van der Waals surface area (Å²) in [5.74, 6) is 0.572. The molecule has 124 valence electrons. The van der Waals surface area contributed by atoms with Crippen LogP contribution in [0.25, 0.3) is 5.65 Å². The smallest absolute Gasteiger partial charge is 0.407 e. The summed E-state index contributed by atoms with van der Waals surface area (Å²) in [6.45, 7) is 5.77.